The molecule has 0 saturated heterocycles. The first-order chi connectivity index (χ1) is 12.1. The number of nitrogens with zero attached hydrogens (tertiary/aromatic N) is 5. The van der Waals surface area contributed by atoms with Gasteiger partial charge in [0.2, 0.25) is 5.91 Å². The van der Waals surface area contributed by atoms with E-state index in [1.165, 1.54) is 16.8 Å². The number of amides is 1. The monoisotopic (exact) mass is 355 g/mol. The number of fused-ring (bicyclic) bond motifs is 2. The first kappa shape index (κ1) is 16.2. The third-order valence-corrected chi connectivity index (χ3v) is 6.17. The third kappa shape index (κ3) is 2.72. The normalized spacial score (nSPS) is 17.1. The summed E-state index contributed by atoms with van der Waals surface area (Å²) in [5.74, 6) is 0.821. The van der Waals surface area contributed by atoms with Gasteiger partial charge in [0.1, 0.15) is 6.33 Å². The molecule has 0 N–H and O–H groups in total. The average molecular weight is 355 g/mol. The minimum Gasteiger partial charge on any atom is -0.336 e. The fourth-order valence-corrected chi connectivity index (χ4v) is 4.71. The summed E-state index contributed by atoms with van der Waals surface area (Å²) in [5.41, 5.74) is 4.34. The van der Waals surface area contributed by atoms with Gasteiger partial charge >= 0.3 is 0 Å². The van der Waals surface area contributed by atoms with E-state index in [1.54, 1.807) is 15.9 Å². The van der Waals surface area contributed by atoms with Crippen molar-refractivity contribution in [3.05, 3.63) is 45.2 Å². The van der Waals surface area contributed by atoms with Gasteiger partial charge in [-0.1, -0.05) is 0 Å². The second-order valence-electron chi connectivity index (χ2n) is 6.55. The summed E-state index contributed by atoms with van der Waals surface area (Å²) < 4.78 is 1.74. The standard InChI is InChI=1S/C18H21N5OS/c1-11-14(13(3)23-18(21-11)19-10-20-23)4-5-17(24)22-8-6-16-15(12(22)2)7-9-25-16/h7,9-10,12H,4-6,8H2,1-3H3/t12-/m0/s1. The molecule has 0 aromatic carbocycles. The lowest BCUT2D eigenvalue weighted by Crippen LogP contribution is -2.38. The van der Waals surface area contributed by atoms with Crippen LogP contribution >= 0.6 is 11.3 Å². The van der Waals surface area contributed by atoms with E-state index < -0.39 is 0 Å². The van der Waals surface area contributed by atoms with Crippen molar-refractivity contribution in [2.24, 2.45) is 0 Å². The summed E-state index contributed by atoms with van der Waals surface area (Å²) in [6.45, 7) is 6.92. The maximum absolute atomic E-state index is 12.8. The fourth-order valence-electron chi connectivity index (χ4n) is 3.74. The van der Waals surface area contributed by atoms with Crippen LogP contribution in [0.15, 0.2) is 17.8 Å². The molecule has 130 valence electrons. The van der Waals surface area contributed by atoms with E-state index in [0.29, 0.717) is 18.6 Å². The van der Waals surface area contributed by atoms with Gasteiger partial charge in [-0.2, -0.15) is 10.1 Å². The SMILES string of the molecule is Cc1nc2ncnn2c(C)c1CCC(=O)N1CCc2sccc2[C@@H]1C. The van der Waals surface area contributed by atoms with Crippen LogP contribution in [0.2, 0.25) is 0 Å². The summed E-state index contributed by atoms with van der Waals surface area (Å²) in [6, 6.07) is 2.32. The van der Waals surface area contributed by atoms with Gasteiger partial charge in [-0.3, -0.25) is 4.79 Å². The van der Waals surface area contributed by atoms with E-state index in [0.717, 1.165) is 29.9 Å². The highest BCUT2D eigenvalue weighted by Crippen LogP contribution is 2.33. The maximum Gasteiger partial charge on any atom is 0.252 e. The first-order valence-electron chi connectivity index (χ1n) is 8.58. The number of hydrogen-bond donors (Lipinski definition) is 0. The third-order valence-electron chi connectivity index (χ3n) is 5.18. The number of aryl methyl sites for hydroxylation is 2. The summed E-state index contributed by atoms with van der Waals surface area (Å²) in [4.78, 5) is 24.9. The summed E-state index contributed by atoms with van der Waals surface area (Å²) in [7, 11) is 0. The number of hydrogen-bond acceptors (Lipinski definition) is 5. The van der Waals surface area contributed by atoms with Gasteiger partial charge in [0, 0.05) is 29.2 Å². The molecule has 0 saturated carbocycles. The molecule has 1 aliphatic heterocycles. The summed E-state index contributed by atoms with van der Waals surface area (Å²) in [6.07, 6.45) is 3.65. The van der Waals surface area contributed by atoms with Crippen LogP contribution in [0, 0.1) is 13.8 Å². The van der Waals surface area contributed by atoms with Gasteiger partial charge in [0.25, 0.3) is 5.78 Å². The molecule has 7 heteroatoms. The van der Waals surface area contributed by atoms with Crippen molar-refractivity contribution >= 4 is 23.0 Å². The summed E-state index contributed by atoms with van der Waals surface area (Å²) >= 11 is 1.80. The molecule has 0 bridgehead atoms. The molecular weight excluding hydrogens is 334 g/mol. The molecule has 6 nitrogen and oxygen atoms in total. The number of carbonyl (C=O) groups excluding carboxylic acids is 1. The van der Waals surface area contributed by atoms with Crippen LogP contribution in [0.4, 0.5) is 0 Å². The van der Waals surface area contributed by atoms with Crippen molar-refractivity contribution in [1.29, 1.82) is 0 Å². The molecule has 4 rings (SSSR count). The minimum atomic E-state index is 0.167. The predicted octanol–water partition coefficient (Wildman–Crippen LogP) is 2.88. The van der Waals surface area contributed by atoms with Gasteiger partial charge in [-0.05, 0) is 56.2 Å². The second-order valence-corrected chi connectivity index (χ2v) is 7.55. The molecule has 4 heterocycles. The Morgan fingerprint density at radius 2 is 2.24 bits per heavy atom. The molecule has 0 radical (unpaired) electrons. The van der Waals surface area contributed by atoms with Crippen molar-refractivity contribution in [1.82, 2.24) is 24.5 Å². The Kier molecular flexibility index (Phi) is 4.03. The van der Waals surface area contributed by atoms with E-state index in [9.17, 15) is 4.79 Å². The zero-order chi connectivity index (χ0) is 17.6. The van der Waals surface area contributed by atoms with E-state index >= 15 is 0 Å². The first-order valence-corrected chi connectivity index (χ1v) is 9.45. The lowest BCUT2D eigenvalue weighted by molar-refractivity contribution is -0.133. The molecule has 1 amide bonds. The van der Waals surface area contributed by atoms with E-state index in [1.807, 2.05) is 18.7 Å². The van der Waals surface area contributed by atoms with Gasteiger partial charge in [0.05, 0.1) is 6.04 Å². The molecule has 0 fully saturated rings. The van der Waals surface area contributed by atoms with Gasteiger partial charge in [-0.25, -0.2) is 9.50 Å². The maximum atomic E-state index is 12.8. The quantitative estimate of drug-likeness (QED) is 0.725. The Morgan fingerprint density at radius 3 is 3.08 bits per heavy atom. The Morgan fingerprint density at radius 1 is 1.40 bits per heavy atom. The second kappa shape index (κ2) is 6.22. The van der Waals surface area contributed by atoms with Crippen molar-refractivity contribution in [2.75, 3.05) is 6.54 Å². The highest BCUT2D eigenvalue weighted by molar-refractivity contribution is 7.10. The molecule has 0 aliphatic carbocycles. The Balaban J connectivity index is 1.51. The van der Waals surface area contributed by atoms with E-state index in [2.05, 4.69) is 33.4 Å². The molecule has 1 atom stereocenters. The molecule has 3 aromatic rings. The molecular formula is C18H21N5OS. The lowest BCUT2D eigenvalue weighted by Gasteiger charge is -2.33. The number of carbonyl (C=O) groups is 1. The Labute approximate surface area is 150 Å². The van der Waals surface area contributed by atoms with Crippen LogP contribution in [-0.2, 0) is 17.6 Å². The van der Waals surface area contributed by atoms with Gasteiger partial charge in [-0.15, -0.1) is 11.3 Å². The van der Waals surface area contributed by atoms with Crippen LogP contribution in [0.1, 0.15) is 46.8 Å². The molecule has 25 heavy (non-hydrogen) atoms. The largest absolute Gasteiger partial charge is 0.336 e. The van der Waals surface area contributed by atoms with E-state index in [4.69, 9.17) is 0 Å². The lowest BCUT2D eigenvalue weighted by atomic mass is 10.00. The number of aromatic nitrogens is 4. The van der Waals surface area contributed by atoms with Crippen LogP contribution in [0.5, 0.6) is 0 Å². The predicted molar refractivity (Wildman–Crippen MR) is 96.7 cm³/mol. The molecule has 1 aliphatic rings. The van der Waals surface area contributed by atoms with E-state index in [-0.39, 0.29) is 11.9 Å². The topological polar surface area (TPSA) is 63.4 Å². The average Bonchev–Trinajstić information content (AvgIpc) is 3.23. The minimum absolute atomic E-state index is 0.167. The zero-order valence-electron chi connectivity index (χ0n) is 14.7. The number of thiophene rings is 1. The molecule has 3 aromatic heterocycles. The van der Waals surface area contributed by atoms with Crippen molar-refractivity contribution < 1.29 is 4.79 Å². The Hall–Kier alpha value is -2.28. The van der Waals surface area contributed by atoms with Crippen LogP contribution < -0.4 is 0 Å². The van der Waals surface area contributed by atoms with Crippen LogP contribution in [0.3, 0.4) is 0 Å². The zero-order valence-corrected chi connectivity index (χ0v) is 15.5. The summed E-state index contributed by atoms with van der Waals surface area (Å²) in [5, 5.41) is 6.34. The molecule has 0 unspecified atom stereocenters. The number of rotatable bonds is 3. The van der Waals surface area contributed by atoms with Crippen LogP contribution in [-0.4, -0.2) is 36.9 Å². The smallest absolute Gasteiger partial charge is 0.252 e. The highest BCUT2D eigenvalue weighted by Gasteiger charge is 2.28. The van der Waals surface area contributed by atoms with Crippen LogP contribution in [0.25, 0.3) is 5.78 Å². The fraction of sp³-hybridized carbons (Fsp3) is 0.444. The molecule has 0 spiro atoms. The van der Waals surface area contributed by atoms with Crippen molar-refractivity contribution in [3.63, 3.8) is 0 Å². The van der Waals surface area contributed by atoms with Gasteiger partial charge in [0.15, 0.2) is 0 Å². The highest BCUT2D eigenvalue weighted by atomic mass is 32.1. The van der Waals surface area contributed by atoms with Gasteiger partial charge < -0.3 is 4.90 Å². The van der Waals surface area contributed by atoms with Crippen molar-refractivity contribution in [2.45, 2.75) is 46.1 Å². The Bertz CT molecular complexity index is 944. The van der Waals surface area contributed by atoms with Crippen molar-refractivity contribution in [3.8, 4) is 0 Å².